The van der Waals surface area contributed by atoms with Crippen LogP contribution in [0.4, 0.5) is 0 Å². The molecule has 0 aliphatic carbocycles. The van der Waals surface area contributed by atoms with Gasteiger partial charge in [-0.3, -0.25) is 0 Å². The Morgan fingerprint density at radius 1 is 1.33 bits per heavy atom. The van der Waals surface area contributed by atoms with Crippen molar-refractivity contribution in [3.05, 3.63) is 0 Å². The lowest BCUT2D eigenvalue weighted by Gasteiger charge is -1.98. The van der Waals surface area contributed by atoms with Crippen molar-refractivity contribution in [2.45, 2.75) is 6.92 Å². The van der Waals surface area contributed by atoms with Crippen LogP contribution in [0.2, 0.25) is 0 Å². The highest BCUT2D eigenvalue weighted by Gasteiger charge is 1.81. The van der Waals surface area contributed by atoms with E-state index < -0.39 is 0 Å². The molecule has 0 radical (unpaired) electrons. The fourth-order valence-corrected chi connectivity index (χ4v) is 0.498. The molecule has 0 fully saturated rings. The Bertz CT molecular complexity index is 84.8. The van der Waals surface area contributed by atoms with Crippen LogP contribution in [0.3, 0.4) is 0 Å². The van der Waals surface area contributed by atoms with Crippen molar-refractivity contribution in [1.82, 2.24) is 10.6 Å². The minimum atomic E-state index is 0.450. The van der Waals surface area contributed by atoms with E-state index in [1.165, 1.54) is 0 Å². The average Bonchev–Trinajstić information content (AvgIpc) is 1.89. The molecule has 0 amide bonds. The molecule has 0 aromatic heterocycles. The molecule has 0 saturated heterocycles. The number of likely N-dealkylation sites (N-methyl/N-ethyl adjacent to an activating group) is 1. The summed E-state index contributed by atoms with van der Waals surface area (Å²) in [5.74, 6) is 0. The maximum atomic E-state index is 8.09. The Hall–Kier alpha value is -0.590. The van der Waals surface area contributed by atoms with E-state index in [4.69, 9.17) is 5.26 Å². The van der Waals surface area contributed by atoms with Crippen LogP contribution in [-0.4, -0.2) is 26.2 Å². The van der Waals surface area contributed by atoms with Gasteiger partial charge in [0.15, 0.2) is 0 Å². The summed E-state index contributed by atoms with van der Waals surface area (Å²) in [6, 6.07) is 2.01. The molecule has 0 heterocycles. The second-order valence-electron chi connectivity index (χ2n) is 1.69. The summed E-state index contributed by atoms with van der Waals surface area (Å²) < 4.78 is 0. The summed E-state index contributed by atoms with van der Waals surface area (Å²) in [6.07, 6.45) is 0. The van der Waals surface area contributed by atoms with E-state index >= 15 is 0 Å². The van der Waals surface area contributed by atoms with E-state index in [1.807, 2.05) is 6.07 Å². The zero-order valence-corrected chi connectivity index (χ0v) is 5.78. The van der Waals surface area contributed by atoms with E-state index in [1.54, 1.807) is 0 Å². The SMILES string of the molecule is CCNCCNCC#N. The van der Waals surface area contributed by atoms with Gasteiger partial charge in [0.2, 0.25) is 0 Å². The Morgan fingerprint density at radius 3 is 2.56 bits per heavy atom. The lowest BCUT2D eigenvalue weighted by molar-refractivity contribution is 0.655. The van der Waals surface area contributed by atoms with Gasteiger partial charge in [-0.15, -0.1) is 0 Å². The molecule has 2 N–H and O–H groups in total. The Balaban J connectivity index is 2.69. The van der Waals surface area contributed by atoms with Gasteiger partial charge in [-0.1, -0.05) is 6.92 Å². The van der Waals surface area contributed by atoms with Crippen LogP contribution < -0.4 is 10.6 Å². The molecule has 0 aromatic carbocycles. The highest BCUT2D eigenvalue weighted by Crippen LogP contribution is 1.57. The van der Waals surface area contributed by atoms with Crippen molar-refractivity contribution < 1.29 is 0 Å². The van der Waals surface area contributed by atoms with Gasteiger partial charge >= 0.3 is 0 Å². The second-order valence-corrected chi connectivity index (χ2v) is 1.69. The molecule has 9 heavy (non-hydrogen) atoms. The highest BCUT2D eigenvalue weighted by atomic mass is 14.9. The molecule has 0 bridgehead atoms. The molecule has 0 aromatic rings. The third kappa shape index (κ3) is 7.41. The van der Waals surface area contributed by atoms with Gasteiger partial charge < -0.3 is 10.6 Å². The number of rotatable bonds is 5. The smallest absolute Gasteiger partial charge is 0.0841 e. The number of nitrogens with one attached hydrogen (secondary N) is 2. The second kappa shape index (κ2) is 7.41. The third-order valence-corrected chi connectivity index (χ3v) is 0.933. The predicted octanol–water partition coefficient (Wildman–Crippen LogP) is -0.291. The summed E-state index contributed by atoms with van der Waals surface area (Å²) in [6.45, 7) is 5.32. The first-order chi connectivity index (χ1) is 4.41. The molecular formula is C6H13N3. The van der Waals surface area contributed by atoms with Crippen LogP contribution >= 0.6 is 0 Å². The standard InChI is InChI=1S/C6H13N3/c1-2-8-5-6-9-4-3-7/h8-9H,2,4-6H2,1H3. The van der Waals surface area contributed by atoms with Gasteiger partial charge in [0.05, 0.1) is 12.6 Å². The molecule has 0 spiro atoms. The van der Waals surface area contributed by atoms with Crippen LogP contribution in [0.5, 0.6) is 0 Å². The van der Waals surface area contributed by atoms with Crippen LogP contribution in [0, 0.1) is 11.3 Å². The third-order valence-electron chi connectivity index (χ3n) is 0.933. The number of nitriles is 1. The first-order valence-electron chi connectivity index (χ1n) is 3.20. The molecule has 0 rings (SSSR count). The van der Waals surface area contributed by atoms with Crippen molar-refractivity contribution >= 4 is 0 Å². The van der Waals surface area contributed by atoms with Crippen molar-refractivity contribution in [2.75, 3.05) is 26.2 Å². The van der Waals surface area contributed by atoms with E-state index in [2.05, 4.69) is 17.6 Å². The summed E-state index contributed by atoms with van der Waals surface area (Å²) >= 11 is 0. The lowest BCUT2D eigenvalue weighted by atomic mass is 10.5. The Morgan fingerprint density at radius 2 is 2.00 bits per heavy atom. The van der Waals surface area contributed by atoms with Crippen LogP contribution in [-0.2, 0) is 0 Å². The molecule has 0 aliphatic heterocycles. The maximum Gasteiger partial charge on any atom is 0.0841 e. The van der Waals surface area contributed by atoms with Gasteiger partial charge in [-0.2, -0.15) is 5.26 Å². The minimum Gasteiger partial charge on any atom is -0.316 e. The van der Waals surface area contributed by atoms with Crippen LogP contribution in [0.25, 0.3) is 0 Å². The zero-order chi connectivity index (χ0) is 6.95. The lowest BCUT2D eigenvalue weighted by Crippen LogP contribution is -2.27. The number of hydrogen-bond donors (Lipinski definition) is 2. The molecular weight excluding hydrogens is 114 g/mol. The summed E-state index contributed by atoms with van der Waals surface area (Å²) in [5.41, 5.74) is 0. The van der Waals surface area contributed by atoms with E-state index in [0.717, 1.165) is 19.6 Å². The van der Waals surface area contributed by atoms with E-state index in [0.29, 0.717) is 6.54 Å². The predicted molar refractivity (Wildman–Crippen MR) is 37.0 cm³/mol. The fraction of sp³-hybridized carbons (Fsp3) is 0.833. The van der Waals surface area contributed by atoms with Crippen molar-refractivity contribution in [1.29, 1.82) is 5.26 Å². The molecule has 3 heteroatoms. The van der Waals surface area contributed by atoms with Gasteiger partial charge in [-0.05, 0) is 6.54 Å². The molecule has 0 atom stereocenters. The quantitative estimate of drug-likeness (QED) is 0.394. The highest BCUT2D eigenvalue weighted by molar-refractivity contribution is 4.72. The van der Waals surface area contributed by atoms with Gasteiger partial charge in [0.1, 0.15) is 0 Å². The number of nitrogens with zero attached hydrogens (tertiary/aromatic N) is 1. The zero-order valence-electron chi connectivity index (χ0n) is 5.78. The van der Waals surface area contributed by atoms with Crippen LogP contribution in [0.1, 0.15) is 6.92 Å². The Kier molecular flexibility index (Phi) is 6.92. The molecule has 0 aliphatic rings. The van der Waals surface area contributed by atoms with E-state index in [-0.39, 0.29) is 0 Å². The minimum absolute atomic E-state index is 0.450. The van der Waals surface area contributed by atoms with Gasteiger partial charge in [0.25, 0.3) is 0 Å². The van der Waals surface area contributed by atoms with Gasteiger partial charge in [-0.25, -0.2) is 0 Å². The van der Waals surface area contributed by atoms with Crippen molar-refractivity contribution in [3.63, 3.8) is 0 Å². The summed E-state index contributed by atoms with van der Waals surface area (Å²) in [5, 5.41) is 14.2. The van der Waals surface area contributed by atoms with E-state index in [9.17, 15) is 0 Å². The normalized spacial score (nSPS) is 8.89. The molecule has 52 valence electrons. The van der Waals surface area contributed by atoms with Crippen LogP contribution in [0.15, 0.2) is 0 Å². The monoisotopic (exact) mass is 127 g/mol. The first kappa shape index (κ1) is 8.41. The molecule has 0 unspecified atom stereocenters. The average molecular weight is 127 g/mol. The molecule has 0 saturated carbocycles. The Labute approximate surface area is 56.1 Å². The molecule has 3 nitrogen and oxygen atoms in total. The largest absolute Gasteiger partial charge is 0.316 e. The number of hydrogen-bond acceptors (Lipinski definition) is 3. The maximum absolute atomic E-state index is 8.09. The first-order valence-corrected chi connectivity index (χ1v) is 3.20. The fourth-order valence-electron chi connectivity index (χ4n) is 0.498. The van der Waals surface area contributed by atoms with Crippen molar-refractivity contribution in [3.8, 4) is 6.07 Å². The van der Waals surface area contributed by atoms with Crippen molar-refractivity contribution in [2.24, 2.45) is 0 Å². The summed E-state index contributed by atoms with van der Waals surface area (Å²) in [4.78, 5) is 0. The topological polar surface area (TPSA) is 47.8 Å². The van der Waals surface area contributed by atoms with Gasteiger partial charge in [0, 0.05) is 13.1 Å². The summed E-state index contributed by atoms with van der Waals surface area (Å²) in [7, 11) is 0.